The van der Waals surface area contributed by atoms with Crippen molar-refractivity contribution in [3.8, 4) is 0 Å². The van der Waals surface area contributed by atoms with Crippen molar-refractivity contribution in [2.75, 3.05) is 0 Å². The average Bonchev–Trinajstić information content (AvgIpc) is 2.91. The van der Waals surface area contributed by atoms with Gasteiger partial charge in [-0.2, -0.15) is 0 Å². The highest BCUT2D eigenvalue weighted by Gasteiger charge is 2.16. The standard InChI is InChI=1S/C16H16N4O/c1-11-6-5-7-13(10-11)16(21)17-12(2)15-19-18-14-8-3-4-9-20(14)15/h3-10,12H,1-2H3,(H,17,21). The van der Waals surface area contributed by atoms with E-state index in [2.05, 4.69) is 15.5 Å². The first-order valence-electron chi connectivity index (χ1n) is 6.82. The van der Waals surface area contributed by atoms with Gasteiger partial charge in [-0.25, -0.2) is 0 Å². The van der Waals surface area contributed by atoms with Crippen molar-refractivity contribution in [3.05, 3.63) is 65.6 Å². The summed E-state index contributed by atoms with van der Waals surface area (Å²) in [5.74, 6) is 0.602. The van der Waals surface area contributed by atoms with Gasteiger partial charge in [0.05, 0.1) is 6.04 Å². The molecule has 0 aliphatic rings. The number of carbonyl (C=O) groups excluding carboxylic acids is 1. The molecule has 21 heavy (non-hydrogen) atoms. The van der Waals surface area contributed by atoms with Crippen molar-refractivity contribution >= 4 is 11.6 Å². The molecule has 0 aliphatic carbocycles. The van der Waals surface area contributed by atoms with E-state index in [1.54, 1.807) is 6.07 Å². The van der Waals surface area contributed by atoms with Gasteiger partial charge >= 0.3 is 0 Å². The van der Waals surface area contributed by atoms with E-state index in [1.165, 1.54) is 0 Å². The minimum Gasteiger partial charge on any atom is -0.342 e. The topological polar surface area (TPSA) is 59.3 Å². The zero-order chi connectivity index (χ0) is 14.8. The Hall–Kier alpha value is -2.69. The van der Waals surface area contributed by atoms with Gasteiger partial charge in [0, 0.05) is 11.8 Å². The minimum absolute atomic E-state index is 0.112. The lowest BCUT2D eigenvalue weighted by Gasteiger charge is -2.12. The Labute approximate surface area is 122 Å². The van der Waals surface area contributed by atoms with Gasteiger partial charge in [-0.1, -0.05) is 23.8 Å². The van der Waals surface area contributed by atoms with E-state index in [1.807, 2.05) is 60.8 Å². The molecule has 0 radical (unpaired) electrons. The summed E-state index contributed by atoms with van der Waals surface area (Å²) in [6, 6.07) is 13.0. The molecule has 106 valence electrons. The van der Waals surface area contributed by atoms with Crippen LogP contribution < -0.4 is 5.32 Å². The zero-order valence-corrected chi connectivity index (χ0v) is 11.9. The zero-order valence-electron chi connectivity index (χ0n) is 11.9. The fraction of sp³-hybridized carbons (Fsp3) is 0.188. The van der Waals surface area contributed by atoms with Crippen molar-refractivity contribution in [3.63, 3.8) is 0 Å². The minimum atomic E-state index is -0.226. The third-order valence-electron chi connectivity index (χ3n) is 3.36. The molecule has 5 nitrogen and oxygen atoms in total. The lowest BCUT2D eigenvalue weighted by atomic mass is 10.1. The predicted molar refractivity (Wildman–Crippen MR) is 80.0 cm³/mol. The average molecular weight is 280 g/mol. The smallest absolute Gasteiger partial charge is 0.251 e. The van der Waals surface area contributed by atoms with Crippen LogP contribution in [0.3, 0.4) is 0 Å². The third-order valence-corrected chi connectivity index (χ3v) is 3.36. The van der Waals surface area contributed by atoms with Gasteiger partial charge in [-0.05, 0) is 38.1 Å². The van der Waals surface area contributed by atoms with Crippen molar-refractivity contribution < 1.29 is 4.79 Å². The number of rotatable bonds is 3. The van der Waals surface area contributed by atoms with E-state index < -0.39 is 0 Å². The normalized spacial score (nSPS) is 12.3. The van der Waals surface area contributed by atoms with Crippen LogP contribution in [0.1, 0.15) is 34.7 Å². The van der Waals surface area contributed by atoms with Crippen molar-refractivity contribution in [2.24, 2.45) is 0 Å². The number of carbonyl (C=O) groups is 1. The molecule has 0 bridgehead atoms. The van der Waals surface area contributed by atoms with E-state index in [9.17, 15) is 4.79 Å². The van der Waals surface area contributed by atoms with Crippen LogP contribution in [0.15, 0.2) is 48.7 Å². The van der Waals surface area contributed by atoms with Crippen molar-refractivity contribution in [1.82, 2.24) is 19.9 Å². The van der Waals surface area contributed by atoms with Gasteiger partial charge in [0.2, 0.25) is 0 Å². The van der Waals surface area contributed by atoms with Gasteiger partial charge in [-0.15, -0.1) is 10.2 Å². The number of pyridine rings is 1. The Morgan fingerprint density at radius 3 is 2.86 bits per heavy atom. The molecule has 3 rings (SSSR count). The number of fused-ring (bicyclic) bond motifs is 1. The summed E-state index contributed by atoms with van der Waals surface area (Å²) in [5.41, 5.74) is 2.48. The van der Waals surface area contributed by atoms with Gasteiger partial charge < -0.3 is 5.32 Å². The molecule has 2 heterocycles. The molecule has 2 aromatic heterocycles. The number of hydrogen-bond acceptors (Lipinski definition) is 3. The Bertz CT molecular complexity index is 794. The molecule has 0 spiro atoms. The third kappa shape index (κ3) is 2.63. The van der Waals surface area contributed by atoms with Crippen molar-refractivity contribution in [2.45, 2.75) is 19.9 Å². The van der Waals surface area contributed by atoms with E-state index in [-0.39, 0.29) is 11.9 Å². The maximum absolute atomic E-state index is 12.3. The summed E-state index contributed by atoms with van der Waals surface area (Å²) in [6.45, 7) is 3.86. The molecule has 1 unspecified atom stereocenters. The van der Waals surface area contributed by atoms with Crippen molar-refractivity contribution in [1.29, 1.82) is 0 Å². The summed E-state index contributed by atoms with van der Waals surface area (Å²) >= 11 is 0. The highest BCUT2D eigenvalue weighted by molar-refractivity contribution is 5.94. The quantitative estimate of drug-likeness (QED) is 0.802. The fourth-order valence-corrected chi connectivity index (χ4v) is 2.29. The second kappa shape index (κ2) is 5.36. The molecule has 0 fully saturated rings. The first-order valence-corrected chi connectivity index (χ1v) is 6.82. The summed E-state index contributed by atoms with van der Waals surface area (Å²) in [5, 5.41) is 11.2. The predicted octanol–water partition coefficient (Wildman–Crippen LogP) is 2.53. The SMILES string of the molecule is Cc1cccc(C(=O)NC(C)c2nnc3ccccn23)c1. The Kier molecular flexibility index (Phi) is 3.39. The van der Waals surface area contributed by atoms with E-state index in [0.29, 0.717) is 11.4 Å². The summed E-state index contributed by atoms with van der Waals surface area (Å²) in [6.07, 6.45) is 1.89. The maximum atomic E-state index is 12.3. The molecular formula is C16H16N4O. The monoisotopic (exact) mass is 280 g/mol. The highest BCUT2D eigenvalue weighted by atomic mass is 16.1. The van der Waals surface area contributed by atoms with E-state index in [0.717, 1.165) is 11.2 Å². The maximum Gasteiger partial charge on any atom is 0.251 e. The lowest BCUT2D eigenvalue weighted by molar-refractivity contribution is 0.0938. The molecule has 0 aliphatic heterocycles. The van der Waals surface area contributed by atoms with E-state index in [4.69, 9.17) is 0 Å². The molecule has 1 aromatic carbocycles. The van der Waals surface area contributed by atoms with Crippen LogP contribution in [0.25, 0.3) is 5.65 Å². The first kappa shape index (κ1) is 13.3. The van der Waals surface area contributed by atoms with E-state index >= 15 is 0 Å². The number of nitrogens with one attached hydrogen (secondary N) is 1. The van der Waals surface area contributed by atoms with Gasteiger partial charge in [0.1, 0.15) is 0 Å². The Morgan fingerprint density at radius 1 is 1.19 bits per heavy atom. The highest BCUT2D eigenvalue weighted by Crippen LogP contribution is 2.13. The molecule has 3 aromatic rings. The second-order valence-electron chi connectivity index (χ2n) is 5.05. The van der Waals surface area contributed by atoms with Crippen LogP contribution in [0, 0.1) is 6.92 Å². The number of amides is 1. The summed E-state index contributed by atoms with van der Waals surface area (Å²) in [4.78, 5) is 12.3. The van der Waals surface area contributed by atoms with Crippen LogP contribution in [-0.4, -0.2) is 20.5 Å². The van der Waals surface area contributed by atoms with Crippen LogP contribution in [-0.2, 0) is 0 Å². The summed E-state index contributed by atoms with van der Waals surface area (Å²) in [7, 11) is 0. The fourth-order valence-electron chi connectivity index (χ4n) is 2.29. The molecule has 1 atom stereocenters. The molecule has 1 N–H and O–H groups in total. The van der Waals surface area contributed by atoms with Crippen LogP contribution >= 0.6 is 0 Å². The molecule has 0 saturated carbocycles. The molecular weight excluding hydrogens is 264 g/mol. The molecule has 1 amide bonds. The number of aromatic nitrogens is 3. The summed E-state index contributed by atoms with van der Waals surface area (Å²) < 4.78 is 1.88. The van der Waals surface area contributed by atoms with Gasteiger partial charge in [0.15, 0.2) is 11.5 Å². The number of benzene rings is 1. The molecule has 5 heteroatoms. The van der Waals surface area contributed by atoms with Crippen LogP contribution in [0.5, 0.6) is 0 Å². The Morgan fingerprint density at radius 2 is 2.05 bits per heavy atom. The van der Waals surface area contributed by atoms with Crippen LogP contribution in [0.2, 0.25) is 0 Å². The van der Waals surface area contributed by atoms with Gasteiger partial charge in [-0.3, -0.25) is 9.20 Å². The lowest BCUT2D eigenvalue weighted by Crippen LogP contribution is -2.28. The largest absolute Gasteiger partial charge is 0.342 e. The number of hydrogen-bond donors (Lipinski definition) is 1. The molecule has 0 saturated heterocycles. The second-order valence-corrected chi connectivity index (χ2v) is 5.05. The van der Waals surface area contributed by atoms with Gasteiger partial charge in [0.25, 0.3) is 5.91 Å². The number of nitrogens with zero attached hydrogens (tertiary/aromatic N) is 3. The Balaban J connectivity index is 1.83. The first-order chi connectivity index (χ1) is 10.1. The number of aryl methyl sites for hydroxylation is 1. The van der Waals surface area contributed by atoms with Crippen LogP contribution in [0.4, 0.5) is 0 Å².